The van der Waals surface area contributed by atoms with E-state index in [1.54, 1.807) is 34.1 Å². The number of rotatable bonds is 2. The minimum absolute atomic E-state index is 0.0650. The maximum atomic E-state index is 13.8. The Morgan fingerprint density at radius 1 is 0.800 bits per heavy atom. The fraction of sp³-hybridized carbons (Fsp3) is 0.273. The van der Waals surface area contributed by atoms with E-state index in [2.05, 4.69) is 13.8 Å². The lowest BCUT2D eigenvalue weighted by Crippen LogP contribution is -2.35. The van der Waals surface area contributed by atoms with Crippen LogP contribution in [0.4, 0.5) is 0 Å². The third kappa shape index (κ3) is 2.78. The SMILES string of the molecule is C[C@@H]1[C@@H]2CN(C(=O)c3ccc(C(=O)N4CC[C@@]5(C)C4=CC(=O)c4ccccc45)s3)C3=CC(=O)c4ccccc4[C@@]312. The number of amides is 2. The minimum Gasteiger partial charge on any atom is -0.310 e. The van der Waals surface area contributed by atoms with Crippen LogP contribution in [0.1, 0.15) is 71.5 Å². The predicted octanol–water partition coefficient (Wildman–Crippen LogP) is 5.37. The molecule has 198 valence electrons. The van der Waals surface area contributed by atoms with E-state index < -0.39 is 5.41 Å². The number of fused-ring (bicyclic) bond motifs is 4. The molecule has 2 aliphatic heterocycles. The maximum Gasteiger partial charge on any atom is 0.268 e. The summed E-state index contributed by atoms with van der Waals surface area (Å²) in [6.07, 6.45) is 3.98. The van der Waals surface area contributed by atoms with Crippen molar-refractivity contribution < 1.29 is 19.2 Å². The van der Waals surface area contributed by atoms with Crippen molar-refractivity contribution in [2.45, 2.75) is 31.1 Å². The molecule has 5 aliphatic rings. The summed E-state index contributed by atoms with van der Waals surface area (Å²) >= 11 is 1.18. The maximum absolute atomic E-state index is 13.8. The Bertz CT molecular complexity index is 1780. The molecule has 2 saturated heterocycles. The summed E-state index contributed by atoms with van der Waals surface area (Å²) in [5, 5.41) is 0. The summed E-state index contributed by atoms with van der Waals surface area (Å²) in [6, 6.07) is 18.8. The molecule has 6 nitrogen and oxygen atoms in total. The van der Waals surface area contributed by atoms with Gasteiger partial charge in [0.15, 0.2) is 11.6 Å². The standard InChI is InChI=1S/C33H26N2O4S/c1-18-23-17-35(29-16-25(37)20-8-4-6-10-22(20)33(18,23)29)31(39)27-12-11-26(40-27)30(38)34-14-13-32(2)21-9-5-3-7-19(21)24(36)15-28(32)34/h3-12,15-16,18,23H,13-14,17H2,1-2H3/t18-,23+,32-,33+/m1/s1. The smallest absolute Gasteiger partial charge is 0.268 e. The van der Waals surface area contributed by atoms with E-state index in [1.807, 2.05) is 48.5 Å². The highest BCUT2D eigenvalue weighted by Crippen LogP contribution is 2.70. The number of allylic oxidation sites excluding steroid dienone is 4. The van der Waals surface area contributed by atoms with E-state index in [4.69, 9.17) is 0 Å². The predicted molar refractivity (Wildman–Crippen MR) is 150 cm³/mol. The first-order valence-corrected chi connectivity index (χ1v) is 14.5. The minimum atomic E-state index is -0.409. The second-order valence-electron chi connectivity index (χ2n) is 11.8. The van der Waals surface area contributed by atoms with Gasteiger partial charge in [0.05, 0.1) is 9.75 Å². The average Bonchev–Trinajstić information content (AvgIpc) is 3.41. The molecule has 0 unspecified atom stereocenters. The molecule has 1 spiro atoms. The largest absolute Gasteiger partial charge is 0.310 e. The molecule has 8 rings (SSSR count). The Kier molecular flexibility index (Phi) is 4.61. The molecule has 3 aromatic rings. The van der Waals surface area contributed by atoms with Crippen LogP contribution in [0, 0.1) is 11.8 Å². The molecule has 3 aliphatic carbocycles. The fourth-order valence-corrected chi connectivity index (χ4v) is 8.85. The van der Waals surface area contributed by atoms with Crippen LogP contribution in [-0.2, 0) is 10.8 Å². The molecule has 3 heterocycles. The second kappa shape index (κ2) is 7.76. The van der Waals surface area contributed by atoms with Crippen LogP contribution in [0.3, 0.4) is 0 Å². The van der Waals surface area contributed by atoms with Crippen LogP contribution in [0.25, 0.3) is 0 Å². The second-order valence-corrected chi connectivity index (χ2v) is 12.8. The number of carbonyl (C=O) groups excluding carboxylic acids is 4. The number of hydrogen-bond donors (Lipinski definition) is 0. The lowest BCUT2D eigenvalue weighted by Gasteiger charge is -2.33. The molecule has 0 radical (unpaired) electrons. The molecule has 2 amide bonds. The number of benzene rings is 2. The number of piperidine rings is 1. The van der Waals surface area contributed by atoms with Gasteiger partial charge >= 0.3 is 0 Å². The molecule has 1 aromatic heterocycles. The Morgan fingerprint density at radius 2 is 1.38 bits per heavy atom. The zero-order valence-electron chi connectivity index (χ0n) is 22.1. The first-order chi connectivity index (χ1) is 19.3. The summed E-state index contributed by atoms with van der Waals surface area (Å²) in [5.74, 6) is 0.120. The molecule has 4 atom stereocenters. The van der Waals surface area contributed by atoms with E-state index in [-0.39, 0.29) is 34.7 Å². The quantitative estimate of drug-likeness (QED) is 0.433. The highest BCUT2D eigenvalue weighted by atomic mass is 32.1. The molecule has 2 aromatic carbocycles. The van der Waals surface area contributed by atoms with Crippen LogP contribution < -0.4 is 0 Å². The van der Waals surface area contributed by atoms with E-state index >= 15 is 0 Å². The monoisotopic (exact) mass is 546 g/mol. The van der Waals surface area contributed by atoms with Crippen LogP contribution in [0.15, 0.2) is 84.2 Å². The molecular weight excluding hydrogens is 520 g/mol. The topological polar surface area (TPSA) is 74.8 Å². The third-order valence-electron chi connectivity index (χ3n) is 10.1. The molecular formula is C33H26N2O4S. The molecule has 0 N–H and O–H groups in total. The van der Waals surface area contributed by atoms with Gasteiger partial charge in [-0.05, 0) is 48.4 Å². The van der Waals surface area contributed by atoms with Gasteiger partial charge in [-0.2, -0.15) is 0 Å². The summed E-state index contributed by atoms with van der Waals surface area (Å²) in [7, 11) is 0. The van der Waals surface area contributed by atoms with Gasteiger partial charge in [0.2, 0.25) is 0 Å². The van der Waals surface area contributed by atoms with Crippen molar-refractivity contribution in [3.63, 3.8) is 0 Å². The van der Waals surface area contributed by atoms with E-state index in [9.17, 15) is 19.2 Å². The van der Waals surface area contributed by atoms with Crippen molar-refractivity contribution in [2.24, 2.45) is 11.8 Å². The normalized spacial score (nSPS) is 29.1. The van der Waals surface area contributed by atoms with Crippen LogP contribution >= 0.6 is 11.3 Å². The van der Waals surface area contributed by atoms with Crippen molar-refractivity contribution in [3.05, 3.63) is 116 Å². The first-order valence-electron chi connectivity index (χ1n) is 13.7. The van der Waals surface area contributed by atoms with Crippen LogP contribution in [0.5, 0.6) is 0 Å². The van der Waals surface area contributed by atoms with Gasteiger partial charge < -0.3 is 9.80 Å². The first kappa shape index (κ1) is 23.8. The van der Waals surface area contributed by atoms with Gasteiger partial charge in [0, 0.05) is 58.6 Å². The van der Waals surface area contributed by atoms with Gasteiger partial charge in [-0.1, -0.05) is 55.5 Å². The van der Waals surface area contributed by atoms with Crippen LogP contribution in [0.2, 0.25) is 0 Å². The van der Waals surface area contributed by atoms with Gasteiger partial charge in [-0.25, -0.2) is 0 Å². The number of thiophene rings is 1. The molecule has 7 heteroatoms. The van der Waals surface area contributed by atoms with Gasteiger partial charge in [-0.15, -0.1) is 11.3 Å². The Balaban J connectivity index is 1.09. The van der Waals surface area contributed by atoms with E-state index in [0.717, 1.165) is 34.5 Å². The van der Waals surface area contributed by atoms with Gasteiger partial charge in [-0.3, -0.25) is 19.2 Å². The summed E-state index contributed by atoms with van der Waals surface area (Å²) in [4.78, 5) is 57.8. The van der Waals surface area contributed by atoms with Crippen molar-refractivity contribution in [2.75, 3.05) is 13.1 Å². The van der Waals surface area contributed by atoms with Crippen molar-refractivity contribution in [1.82, 2.24) is 9.80 Å². The summed E-state index contributed by atoms with van der Waals surface area (Å²) in [5.41, 5.74) is 4.24. The number of nitrogens with zero attached hydrogens (tertiary/aromatic N) is 2. The molecule has 1 saturated carbocycles. The molecule has 3 fully saturated rings. The highest BCUT2D eigenvalue weighted by Gasteiger charge is 2.72. The molecule has 40 heavy (non-hydrogen) atoms. The number of carbonyl (C=O) groups is 4. The zero-order chi connectivity index (χ0) is 27.6. The fourth-order valence-electron chi connectivity index (χ4n) is 7.94. The van der Waals surface area contributed by atoms with E-state index in [0.29, 0.717) is 34.3 Å². The number of hydrogen-bond acceptors (Lipinski definition) is 5. The van der Waals surface area contributed by atoms with Crippen molar-refractivity contribution >= 4 is 34.7 Å². The third-order valence-corrected chi connectivity index (χ3v) is 11.1. The average molecular weight is 547 g/mol. The lowest BCUT2D eigenvalue weighted by atomic mass is 9.72. The summed E-state index contributed by atoms with van der Waals surface area (Å²) < 4.78 is 0. The summed E-state index contributed by atoms with van der Waals surface area (Å²) in [6.45, 7) is 5.36. The van der Waals surface area contributed by atoms with Gasteiger partial charge in [0.25, 0.3) is 11.8 Å². The van der Waals surface area contributed by atoms with Crippen LogP contribution in [-0.4, -0.2) is 46.3 Å². The Hall–Kier alpha value is -4.10. The van der Waals surface area contributed by atoms with Crippen molar-refractivity contribution in [3.8, 4) is 0 Å². The van der Waals surface area contributed by atoms with Gasteiger partial charge in [0.1, 0.15) is 0 Å². The number of likely N-dealkylation sites (tertiary alicyclic amines) is 2. The highest BCUT2D eigenvalue weighted by molar-refractivity contribution is 7.16. The Labute approximate surface area is 235 Å². The van der Waals surface area contributed by atoms with E-state index in [1.165, 1.54) is 11.3 Å². The Morgan fingerprint density at radius 3 is 2.08 bits per heavy atom. The number of ketones is 2. The zero-order valence-corrected chi connectivity index (χ0v) is 23.0. The molecule has 0 bridgehead atoms. The van der Waals surface area contributed by atoms with Crippen molar-refractivity contribution in [1.29, 1.82) is 0 Å². The lowest BCUT2D eigenvalue weighted by molar-refractivity contribution is 0.0808.